The van der Waals surface area contributed by atoms with Crippen LogP contribution in [0.5, 0.6) is 11.5 Å². The molecule has 92 valence electrons. The number of allylic oxidation sites excluding steroid dienone is 1. The van der Waals surface area contributed by atoms with Crippen molar-refractivity contribution < 1.29 is 14.2 Å². The monoisotopic (exact) mass is 244 g/mol. The molecule has 0 aliphatic carbocycles. The Hall–Kier alpha value is -2.66. The number of benzene rings is 1. The molecule has 0 aromatic heterocycles. The van der Waals surface area contributed by atoms with Gasteiger partial charge in [0, 0.05) is 0 Å². The maximum absolute atomic E-state index is 8.73. The normalized spacial score (nSPS) is 8.67. The Morgan fingerprint density at radius 2 is 1.72 bits per heavy atom. The average Bonchev–Trinajstić information content (AvgIpc) is 2.43. The molecule has 0 unspecified atom stereocenters. The van der Waals surface area contributed by atoms with E-state index in [1.54, 1.807) is 30.3 Å². The van der Waals surface area contributed by atoms with Crippen molar-refractivity contribution in [2.45, 2.75) is 0 Å². The molecular weight excluding hydrogens is 232 g/mol. The van der Waals surface area contributed by atoms with Gasteiger partial charge in [-0.2, -0.15) is 10.5 Å². The van der Waals surface area contributed by atoms with Gasteiger partial charge in [-0.05, 0) is 12.1 Å². The number of para-hydroxylation sites is 2. The molecule has 0 spiro atoms. The van der Waals surface area contributed by atoms with Crippen molar-refractivity contribution >= 4 is 0 Å². The maximum Gasteiger partial charge on any atom is 0.170 e. The number of hydrogen-bond acceptors (Lipinski definition) is 5. The van der Waals surface area contributed by atoms with E-state index >= 15 is 0 Å². The van der Waals surface area contributed by atoms with E-state index in [0.717, 1.165) is 0 Å². The van der Waals surface area contributed by atoms with E-state index in [0.29, 0.717) is 11.5 Å². The fraction of sp³-hybridized carbons (Fsp3) is 0.231. The summed E-state index contributed by atoms with van der Waals surface area (Å²) >= 11 is 0. The zero-order chi connectivity index (χ0) is 13.4. The largest absolute Gasteiger partial charge is 0.495 e. The van der Waals surface area contributed by atoms with Gasteiger partial charge in [0.15, 0.2) is 22.8 Å². The molecule has 1 aromatic carbocycles. The molecule has 0 bridgehead atoms. The fourth-order valence-electron chi connectivity index (χ4n) is 1.26. The van der Waals surface area contributed by atoms with Gasteiger partial charge in [0.05, 0.1) is 14.2 Å². The van der Waals surface area contributed by atoms with Gasteiger partial charge in [0.2, 0.25) is 0 Å². The van der Waals surface area contributed by atoms with Crippen molar-refractivity contribution in [1.82, 2.24) is 0 Å². The number of rotatable bonds is 5. The number of hydrogen-bond donors (Lipinski definition) is 0. The maximum atomic E-state index is 8.73. The van der Waals surface area contributed by atoms with E-state index in [1.807, 2.05) is 6.07 Å². The third kappa shape index (κ3) is 3.16. The van der Waals surface area contributed by atoms with Gasteiger partial charge >= 0.3 is 0 Å². The molecule has 0 aliphatic heterocycles. The highest BCUT2D eigenvalue weighted by molar-refractivity contribution is 5.41. The lowest BCUT2D eigenvalue weighted by atomic mass is 10.3. The predicted octanol–water partition coefficient (Wildman–Crippen LogP) is 2.02. The van der Waals surface area contributed by atoms with E-state index < -0.39 is 0 Å². The van der Waals surface area contributed by atoms with Crippen LogP contribution < -0.4 is 9.47 Å². The van der Waals surface area contributed by atoms with Crippen molar-refractivity contribution in [3.8, 4) is 23.6 Å². The summed E-state index contributed by atoms with van der Waals surface area (Å²) in [4.78, 5) is 0. The van der Waals surface area contributed by atoms with E-state index in [2.05, 4.69) is 0 Å². The SMILES string of the molecule is COC(COc1ccccc1OC)=C(C#N)C#N. The van der Waals surface area contributed by atoms with Crippen LogP contribution in [0.15, 0.2) is 35.6 Å². The van der Waals surface area contributed by atoms with Crippen molar-refractivity contribution in [3.05, 3.63) is 35.6 Å². The summed E-state index contributed by atoms with van der Waals surface area (Å²) in [7, 11) is 2.92. The Labute approximate surface area is 105 Å². The molecule has 0 atom stereocenters. The minimum Gasteiger partial charge on any atom is -0.495 e. The smallest absolute Gasteiger partial charge is 0.170 e. The van der Waals surface area contributed by atoms with Crippen LogP contribution in [-0.2, 0) is 4.74 Å². The molecule has 0 N–H and O–H groups in total. The van der Waals surface area contributed by atoms with Crippen LogP contribution in [0.4, 0.5) is 0 Å². The molecule has 5 nitrogen and oxygen atoms in total. The first-order chi connectivity index (χ1) is 8.76. The molecule has 0 amide bonds. The minimum absolute atomic E-state index is 0.00662. The van der Waals surface area contributed by atoms with Crippen molar-refractivity contribution in [2.24, 2.45) is 0 Å². The highest BCUT2D eigenvalue weighted by Crippen LogP contribution is 2.26. The summed E-state index contributed by atoms with van der Waals surface area (Å²) in [5.74, 6) is 1.28. The quantitative estimate of drug-likeness (QED) is 0.585. The Morgan fingerprint density at radius 3 is 2.22 bits per heavy atom. The van der Waals surface area contributed by atoms with Crippen LogP contribution in [0, 0.1) is 22.7 Å². The summed E-state index contributed by atoms with van der Waals surface area (Å²) in [6.45, 7) is -0.00662. The standard InChI is InChI=1S/C13H12N2O3/c1-16-11-5-3-4-6-12(11)18-9-13(17-2)10(7-14)8-15/h3-6H,9H2,1-2H3. The molecular formula is C13H12N2O3. The first kappa shape index (κ1) is 13.4. The molecule has 0 radical (unpaired) electrons. The van der Waals surface area contributed by atoms with E-state index in [-0.39, 0.29) is 17.9 Å². The van der Waals surface area contributed by atoms with Crippen LogP contribution in [0.2, 0.25) is 0 Å². The second kappa shape index (κ2) is 6.82. The summed E-state index contributed by atoms with van der Waals surface area (Å²) in [6, 6.07) is 10.6. The van der Waals surface area contributed by atoms with Crippen molar-refractivity contribution in [2.75, 3.05) is 20.8 Å². The zero-order valence-electron chi connectivity index (χ0n) is 10.1. The lowest BCUT2D eigenvalue weighted by molar-refractivity contribution is 0.213. The molecule has 1 rings (SSSR count). The van der Waals surface area contributed by atoms with E-state index in [1.165, 1.54) is 14.2 Å². The van der Waals surface area contributed by atoms with E-state index in [4.69, 9.17) is 24.7 Å². The number of nitriles is 2. The lowest BCUT2D eigenvalue weighted by Gasteiger charge is -2.11. The van der Waals surface area contributed by atoms with Crippen LogP contribution in [0.1, 0.15) is 0 Å². The van der Waals surface area contributed by atoms with Gasteiger partial charge < -0.3 is 14.2 Å². The number of methoxy groups -OCH3 is 2. The minimum atomic E-state index is -0.104. The molecule has 0 saturated carbocycles. The topological polar surface area (TPSA) is 75.3 Å². The van der Waals surface area contributed by atoms with Crippen LogP contribution in [0.25, 0.3) is 0 Å². The number of ether oxygens (including phenoxy) is 3. The van der Waals surface area contributed by atoms with E-state index in [9.17, 15) is 0 Å². The Morgan fingerprint density at radius 1 is 1.11 bits per heavy atom. The van der Waals surface area contributed by atoms with Gasteiger partial charge in [-0.25, -0.2) is 0 Å². The first-order valence-corrected chi connectivity index (χ1v) is 5.10. The molecule has 0 fully saturated rings. The second-order valence-corrected chi connectivity index (χ2v) is 3.17. The van der Waals surface area contributed by atoms with Gasteiger partial charge in [0.25, 0.3) is 0 Å². The Balaban J connectivity index is 2.85. The summed E-state index contributed by atoms with van der Waals surface area (Å²) in [5, 5.41) is 17.5. The first-order valence-electron chi connectivity index (χ1n) is 5.10. The molecule has 18 heavy (non-hydrogen) atoms. The lowest BCUT2D eigenvalue weighted by Crippen LogP contribution is -2.06. The van der Waals surface area contributed by atoms with Crippen molar-refractivity contribution in [1.29, 1.82) is 10.5 Å². The Bertz CT molecular complexity index is 508. The van der Waals surface area contributed by atoms with Gasteiger partial charge in [-0.1, -0.05) is 12.1 Å². The Kier molecular flexibility index (Phi) is 5.08. The van der Waals surface area contributed by atoms with Gasteiger partial charge in [0.1, 0.15) is 18.7 Å². The highest BCUT2D eigenvalue weighted by Gasteiger charge is 2.09. The third-order valence-electron chi connectivity index (χ3n) is 2.18. The third-order valence-corrected chi connectivity index (χ3v) is 2.18. The summed E-state index contributed by atoms with van der Waals surface area (Å²) in [5.41, 5.74) is -0.104. The average molecular weight is 244 g/mol. The second-order valence-electron chi connectivity index (χ2n) is 3.17. The van der Waals surface area contributed by atoms with Crippen LogP contribution >= 0.6 is 0 Å². The summed E-state index contributed by atoms with van der Waals surface area (Å²) < 4.78 is 15.5. The van der Waals surface area contributed by atoms with Gasteiger partial charge in [-0.15, -0.1) is 0 Å². The van der Waals surface area contributed by atoms with Crippen LogP contribution in [-0.4, -0.2) is 20.8 Å². The molecule has 0 heterocycles. The molecule has 0 saturated heterocycles. The van der Waals surface area contributed by atoms with Gasteiger partial charge in [-0.3, -0.25) is 0 Å². The fourth-order valence-corrected chi connectivity index (χ4v) is 1.26. The van der Waals surface area contributed by atoms with Crippen LogP contribution in [0.3, 0.4) is 0 Å². The molecule has 5 heteroatoms. The highest BCUT2D eigenvalue weighted by atomic mass is 16.5. The zero-order valence-corrected chi connectivity index (χ0v) is 10.1. The predicted molar refractivity (Wildman–Crippen MR) is 63.8 cm³/mol. The molecule has 1 aromatic rings. The number of nitrogens with zero attached hydrogens (tertiary/aromatic N) is 2. The molecule has 0 aliphatic rings. The van der Waals surface area contributed by atoms with Crippen molar-refractivity contribution in [3.63, 3.8) is 0 Å². The summed E-state index contributed by atoms with van der Waals surface area (Å²) in [6.07, 6.45) is 0.